The third-order valence-electron chi connectivity index (χ3n) is 3.75. The molecule has 25 heavy (non-hydrogen) atoms. The normalized spacial score (nSPS) is 12.5. The highest BCUT2D eigenvalue weighted by atomic mass is 16.5. The van der Waals surface area contributed by atoms with Gasteiger partial charge in [0.1, 0.15) is 12.6 Å². The molecule has 0 unspecified atom stereocenters. The van der Waals surface area contributed by atoms with Crippen molar-refractivity contribution in [3.63, 3.8) is 0 Å². The van der Waals surface area contributed by atoms with Gasteiger partial charge in [-0.3, -0.25) is 4.79 Å². The number of esters is 1. The van der Waals surface area contributed by atoms with Gasteiger partial charge < -0.3 is 19.5 Å². The van der Waals surface area contributed by atoms with E-state index in [-0.39, 0.29) is 17.9 Å². The molecule has 1 N–H and O–H groups in total. The molecule has 0 spiro atoms. The predicted octanol–water partition coefficient (Wildman–Crippen LogP) is 1.85. The third-order valence-corrected chi connectivity index (χ3v) is 3.75. The molecule has 6 nitrogen and oxygen atoms in total. The zero-order valence-corrected chi connectivity index (χ0v) is 15.8. The van der Waals surface area contributed by atoms with Gasteiger partial charge in [0.2, 0.25) is 5.91 Å². The van der Waals surface area contributed by atoms with Crippen molar-refractivity contribution < 1.29 is 23.8 Å². The summed E-state index contributed by atoms with van der Waals surface area (Å²) in [5.41, 5.74) is 2.22. The van der Waals surface area contributed by atoms with Crippen LogP contribution in [0.25, 0.3) is 0 Å². The van der Waals surface area contributed by atoms with Crippen molar-refractivity contribution >= 4 is 11.9 Å². The summed E-state index contributed by atoms with van der Waals surface area (Å²) in [6.45, 7) is 7.03. The number of methoxy groups -OCH3 is 2. The molecule has 0 fully saturated rings. The Labute approximate surface area is 149 Å². The first-order chi connectivity index (χ1) is 11.8. The molecule has 1 aromatic rings. The molecule has 1 amide bonds. The number of benzene rings is 1. The van der Waals surface area contributed by atoms with Crippen LogP contribution in [-0.2, 0) is 35.6 Å². The van der Waals surface area contributed by atoms with Gasteiger partial charge in [-0.05, 0) is 16.5 Å². The van der Waals surface area contributed by atoms with Crippen LogP contribution in [0.4, 0.5) is 0 Å². The molecule has 0 heterocycles. The lowest BCUT2D eigenvalue weighted by Gasteiger charge is -2.20. The molecule has 0 aliphatic heterocycles. The van der Waals surface area contributed by atoms with E-state index in [9.17, 15) is 9.59 Å². The number of rotatable bonds is 9. The fourth-order valence-corrected chi connectivity index (χ4v) is 2.26. The van der Waals surface area contributed by atoms with Gasteiger partial charge >= 0.3 is 5.97 Å². The zero-order valence-electron chi connectivity index (χ0n) is 15.8. The molecule has 0 radical (unpaired) electrons. The minimum atomic E-state index is -0.746. The van der Waals surface area contributed by atoms with Crippen LogP contribution in [0.5, 0.6) is 0 Å². The highest BCUT2D eigenvalue weighted by molar-refractivity contribution is 5.85. The van der Waals surface area contributed by atoms with Crippen LogP contribution in [0.2, 0.25) is 0 Å². The SMILES string of the molecule is COCCOCC(=O)N[C@H](Cc1ccc(C(C)(C)C)cc1)C(=O)OC. The topological polar surface area (TPSA) is 73.9 Å². The minimum absolute atomic E-state index is 0.0635. The van der Waals surface area contributed by atoms with Gasteiger partial charge in [-0.1, -0.05) is 45.0 Å². The van der Waals surface area contributed by atoms with Gasteiger partial charge in [0.25, 0.3) is 0 Å². The number of nitrogens with one attached hydrogen (secondary N) is 1. The molecular weight excluding hydrogens is 322 g/mol. The summed E-state index contributed by atoms with van der Waals surface area (Å²) < 4.78 is 14.8. The second-order valence-corrected chi connectivity index (χ2v) is 6.84. The number of carbonyl (C=O) groups is 2. The fraction of sp³-hybridized carbons (Fsp3) is 0.579. The first-order valence-electron chi connectivity index (χ1n) is 8.31. The number of carbonyl (C=O) groups excluding carboxylic acids is 2. The van der Waals surface area contributed by atoms with Gasteiger partial charge in [-0.25, -0.2) is 4.79 Å². The Morgan fingerprint density at radius 3 is 2.24 bits per heavy atom. The van der Waals surface area contributed by atoms with Crippen LogP contribution >= 0.6 is 0 Å². The van der Waals surface area contributed by atoms with E-state index in [2.05, 4.69) is 26.1 Å². The molecule has 0 aliphatic carbocycles. The number of amides is 1. The maximum atomic E-state index is 12.0. The quantitative estimate of drug-likeness (QED) is 0.543. The Hall–Kier alpha value is -1.92. The summed E-state index contributed by atoms with van der Waals surface area (Å²) in [6, 6.07) is 7.28. The molecular formula is C19H29NO5. The standard InChI is InChI=1S/C19H29NO5/c1-19(2,3)15-8-6-14(7-9-15)12-16(18(22)24-5)20-17(21)13-25-11-10-23-4/h6-9,16H,10-13H2,1-5H3,(H,20,21)/t16-/m1/s1. The largest absolute Gasteiger partial charge is 0.467 e. The lowest BCUT2D eigenvalue weighted by molar-refractivity contribution is -0.145. The zero-order chi connectivity index (χ0) is 18.9. The average molecular weight is 351 g/mol. The van der Waals surface area contributed by atoms with E-state index in [0.29, 0.717) is 19.6 Å². The van der Waals surface area contributed by atoms with Gasteiger partial charge in [0.15, 0.2) is 0 Å². The van der Waals surface area contributed by atoms with E-state index in [1.807, 2.05) is 24.3 Å². The molecule has 0 aromatic heterocycles. The molecule has 1 aromatic carbocycles. The Balaban J connectivity index is 2.67. The maximum absolute atomic E-state index is 12.0. The summed E-state index contributed by atoms with van der Waals surface area (Å²) in [5.74, 6) is -0.844. The molecule has 0 saturated carbocycles. The van der Waals surface area contributed by atoms with Gasteiger partial charge in [-0.2, -0.15) is 0 Å². The second kappa shape index (κ2) is 10.2. The van der Waals surface area contributed by atoms with Gasteiger partial charge in [0.05, 0.1) is 20.3 Å². The van der Waals surface area contributed by atoms with Crippen molar-refractivity contribution in [1.29, 1.82) is 0 Å². The molecule has 0 saturated heterocycles. The number of hydrogen-bond donors (Lipinski definition) is 1. The van der Waals surface area contributed by atoms with Crippen molar-refractivity contribution in [3.05, 3.63) is 35.4 Å². The van der Waals surface area contributed by atoms with E-state index < -0.39 is 12.0 Å². The van der Waals surface area contributed by atoms with Crippen LogP contribution in [0.3, 0.4) is 0 Å². The molecule has 0 bridgehead atoms. The summed E-state index contributed by atoms with van der Waals surface area (Å²) in [4.78, 5) is 23.9. The monoisotopic (exact) mass is 351 g/mol. The van der Waals surface area contributed by atoms with Crippen molar-refractivity contribution in [2.24, 2.45) is 0 Å². The van der Waals surface area contributed by atoms with Crippen LogP contribution in [0.15, 0.2) is 24.3 Å². The van der Waals surface area contributed by atoms with Crippen LogP contribution in [0.1, 0.15) is 31.9 Å². The van der Waals surface area contributed by atoms with Crippen molar-refractivity contribution in [2.75, 3.05) is 34.0 Å². The first-order valence-corrected chi connectivity index (χ1v) is 8.31. The second-order valence-electron chi connectivity index (χ2n) is 6.84. The van der Waals surface area contributed by atoms with Crippen LogP contribution < -0.4 is 5.32 Å². The minimum Gasteiger partial charge on any atom is -0.467 e. The smallest absolute Gasteiger partial charge is 0.328 e. The predicted molar refractivity (Wildman–Crippen MR) is 95.5 cm³/mol. The van der Waals surface area contributed by atoms with Gasteiger partial charge in [-0.15, -0.1) is 0 Å². The Bertz CT molecular complexity index is 548. The molecule has 6 heteroatoms. The maximum Gasteiger partial charge on any atom is 0.328 e. The Morgan fingerprint density at radius 2 is 1.72 bits per heavy atom. The van der Waals surface area contributed by atoms with Crippen molar-refractivity contribution in [1.82, 2.24) is 5.32 Å². The van der Waals surface area contributed by atoms with Crippen LogP contribution in [-0.4, -0.2) is 52.0 Å². The Kier molecular flexibility index (Phi) is 8.58. The lowest BCUT2D eigenvalue weighted by atomic mass is 9.86. The summed E-state index contributed by atoms with van der Waals surface area (Å²) in [7, 11) is 2.86. The summed E-state index contributed by atoms with van der Waals surface area (Å²) in [5, 5.41) is 2.66. The van der Waals surface area contributed by atoms with Gasteiger partial charge in [0, 0.05) is 13.5 Å². The van der Waals surface area contributed by atoms with E-state index in [1.54, 1.807) is 7.11 Å². The number of ether oxygens (including phenoxy) is 3. The molecule has 0 aliphatic rings. The summed E-state index contributed by atoms with van der Waals surface area (Å²) >= 11 is 0. The molecule has 1 rings (SSSR count). The van der Waals surface area contributed by atoms with Crippen molar-refractivity contribution in [3.8, 4) is 0 Å². The highest BCUT2D eigenvalue weighted by Crippen LogP contribution is 2.22. The Morgan fingerprint density at radius 1 is 1.08 bits per heavy atom. The molecule has 1 atom stereocenters. The van der Waals surface area contributed by atoms with E-state index in [0.717, 1.165) is 5.56 Å². The van der Waals surface area contributed by atoms with E-state index in [1.165, 1.54) is 12.7 Å². The summed E-state index contributed by atoms with van der Waals surface area (Å²) in [6.07, 6.45) is 0.362. The van der Waals surface area contributed by atoms with E-state index >= 15 is 0 Å². The molecule has 140 valence electrons. The highest BCUT2D eigenvalue weighted by Gasteiger charge is 2.22. The average Bonchev–Trinajstić information content (AvgIpc) is 2.57. The fourth-order valence-electron chi connectivity index (χ4n) is 2.26. The van der Waals surface area contributed by atoms with Crippen LogP contribution in [0, 0.1) is 0 Å². The lowest BCUT2D eigenvalue weighted by Crippen LogP contribution is -2.44. The first kappa shape index (κ1) is 21.1. The van der Waals surface area contributed by atoms with E-state index in [4.69, 9.17) is 14.2 Å². The number of hydrogen-bond acceptors (Lipinski definition) is 5. The third kappa shape index (κ3) is 7.67. The van der Waals surface area contributed by atoms with Crippen molar-refractivity contribution in [2.45, 2.75) is 38.6 Å².